The Balaban J connectivity index is 1.72. The third kappa shape index (κ3) is 5.08. The average molecular weight is 331 g/mol. The van der Waals surface area contributed by atoms with Gasteiger partial charge in [0.15, 0.2) is 0 Å². The van der Waals surface area contributed by atoms with Gasteiger partial charge in [0.25, 0.3) is 0 Å². The van der Waals surface area contributed by atoms with E-state index in [0.717, 1.165) is 5.56 Å². The van der Waals surface area contributed by atoms with E-state index in [4.69, 9.17) is 0 Å². The second-order valence-corrected chi connectivity index (χ2v) is 6.09. The number of rotatable bonds is 5. The van der Waals surface area contributed by atoms with Crippen LogP contribution in [-0.4, -0.2) is 53.7 Å². The molecular weight excluding hydrogens is 306 g/mol. The van der Waals surface area contributed by atoms with Gasteiger partial charge in [0.2, 0.25) is 17.7 Å². The minimum atomic E-state index is -0.123. The number of carbonyl (C=O) groups is 3. The van der Waals surface area contributed by atoms with Crippen molar-refractivity contribution >= 4 is 17.7 Å². The van der Waals surface area contributed by atoms with Crippen LogP contribution in [0.15, 0.2) is 30.3 Å². The van der Waals surface area contributed by atoms with Crippen LogP contribution in [0, 0.1) is 0 Å². The van der Waals surface area contributed by atoms with Gasteiger partial charge in [-0.15, -0.1) is 0 Å². The summed E-state index contributed by atoms with van der Waals surface area (Å²) >= 11 is 0. The first-order chi connectivity index (χ1) is 11.5. The third-order valence-corrected chi connectivity index (χ3v) is 4.32. The summed E-state index contributed by atoms with van der Waals surface area (Å²) in [4.78, 5) is 38.9. The maximum atomic E-state index is 12.2. The predicted molar refractivity (Wildman–Crippen MR) is 91.1 cm³/mol. The van der Waals surface area contributed by atoms with Gasteiger partial charge in [0.1, 0.15) is 0 Å². The van der Waals surface area contributed by atoms with Crippen molar-refractivity contribution in [1.29, 1.82) is 0 Å². The Morgan fingerprint density at radius 3 is 2.17 bits per heavy atom. The number of nitrogens with zero attached hydrogens (tertiary/aromatic N) is 2. The highest BCUT2D eigenvalue weighted by Crippen LogP contribution is 2.12. The van der Waals surface area contributed by atoms with Gasteiger partial charge in [-0.3, -0.25) is 14.4 Å². The highest BCUT2D eigenvalue weighted by Gasteiger charge is 2.22. The Morgan fingerprint density at radius 1 is 1.00 bits per heavy atom. The maximum absolute atomic E-state index is 12.2. The Kier molecular flexibility index (Phi) is 6.35. The van der Waals surface area contributed by atoms with Crippen molar-refractivity contribution < 1.29 is 14.4 Å². The normalized spacial score (nSPS) is 15.8. The lowest BCUT2D eigenvalue weighted by Crippen LogP contribution is -2.50. The lowest BCUT2D eigenvalue weighted by atomic mass is 10.1. The summed E-state index contributed by atoms with van der Waals surface area (Å²) in [5.41, 5.74) is 1.04. The Hall–Kier alpha value is -2.37. The molecule has 6 nitrogen and oxygen atoms in total. The molecule has 0 bridgehead atoms. The third-order valence-electron chi connectivity index (χ3n) is 4.32. The van der Waals surface area contributed by atoms with Crippen molar-refractivity contribution in [1.82, 2.24) is 15.1 Å². The molecule has 24 heavy (non-hydrogen) atoms. The SMILES string of the molecule is CC(=O)N1CCN(C(=O)CCC(=O)N[C@H](C)c2ccccc2)CC1. The van der Waals surface area contributed by atoms with E-state index in [1.807, 2.05) is 37.3 Å². The summed E-state index contributed by atoms with van der Waals surface area (Å²) in [6.45, 7) is 5.68. The molecule has 1 heterocycles. The van der Waals surface area contributed by atoms with Crippen molar-refractivity contribution in [2.75, 3.05) is 26.2 Å². The molecule has 1 fully saturated rings. The molecule has 1 aliphatic rings. The molecule has 0 aliphatic carbocycles. The van der Waals surface area contributed by atoms with Crippen LogP contribution in [0.5, 0.6) is 0 Å². The molecule has 2 rings (SSSR count). The predicted octanol–water partition coefficient (Wildman–Crippen LogP) is 1.33. The van der Waals surface area contributed by atoms with Crippen LogP contribution in [0.3, 0.4) is 0 Å². The van der Waals surface area contributed by atoms with Crippen molar-refractivity contribution in [2.45, 2.75) is 32.7 Å². The van der Waals surface area contributed by atoms with Crippen LogP contribution >= 0.6 is 0 Å². The molecule has 0 aromatic heterocycles. The quantitative estimate of drug-likeness (QED) is 0.885. The van der Waals surface area contributed by atoms with Gasteiger partial charge in [-0.1, -0.05) is 30.3 Å². The summed E-state index contributed by atoms with van der Waals surface area (Å²) in [5.74, 6) is -0.112. The molecule has 0 unspecified atom stereocenters. The van der Waals surface area contributed by atoms with E-state index in [2.05, 4.69) is 5.32 Å². The number of hydrogen-bond acceptors (Lipinski definition) is 3. The van der Waals surface area contributed by atoms with E-state index in [0.29, 0.717) is 26.2 Å². The summed E-state index contributed by atoms with van der Waals surface area (Å²) in [5, 5.41) is 2.91. The maximum Gasteiger partial charge on any atom is 0.223 e. The summed E-state index contributed by atoms with van der Waals surface area (Å²) in [6.07, 6.45) is 0.385. The molecule has 6 heteroatoms. The number of carbonyl (C=O) groups excluding carboxylic acids is 3. The first kappa shape index (κ1) is 18.0. The van der Waals surface area contributed by atoms with Crippen LogP contribution in [0.2, 0.25) is 0 Å². The lowest BCUT2D eigenvalue weighted by Gasteiger charge is -2.34. The van der Waals surface area contributed by atoms with Crippen molar-refractivity contribution in [3.05, 3.63) is 35.9 Å². The molecule has 1 aliphatic heterocycles. The van der Waals surface area contributed by atoms with Gasteiger partial charge in [-0.25, -0.2) is 0 Å². The lowest BCUT2D eigenvalue weighted by molar-refractivity contribution is -0.139. The Morgan fingerprint density at radius 2 is 1.58 bits per heavy atom. The number of hydrogen-bond donors (Lipinski definition) is 1. The van der Waals surface area contributed by atoms with Gasteiger partial charge in [0, 0.05) is 45.9 Å². The van der Waals surface area contributed by atoms with E-state index in [1.54, 1.807) is 9.80 Å². The molecular formula is C18H25N3O3. The van der Waals surface area contributed by atoms with Gasteiger partial charge >= 0.3 is 0 Å². The fraction of sp³-hybridized carbons (Fsp3) is 0.500. The Bertz CT molecular complexity index is 580. The van der Waals surface area contributed by atoms with Gasteiger partial charge in [0.05, 0.1) is 6.04 Å². The molecule has 3 amide bonds. The Labute approximate surface area is 142 Å². The highest BCUT2D eigenvalue weighted by molar-refractivity contribution is 5.84. The fourth-order valence-electron chi connectivity index (χ4n) is 2.79. The molecule has 1 saturated heterocycles. The summed E-state index contributed by atoms with van der Waals surface area (Å²) in [7, 11) is 0. The minimum absolute atomic E-state index is 0.0271. The summed E-state index contributed by atoms with van der Waals surface area (Å²) < 4.78 is 0. The van der Waals surface area contributed by atoms with E-state index >= 15 is 0 Å². The largest absolute Gasteiger partial charge is 0.350 e. The van der Waals surface area contributed by atoms with E-state index in [9.17, 15) is 14.4 Å². The smallest absolute Gasteiger partial charge is 0.223 e. The van der Waals surface area contributed by atoms with Gasteiger partial charge in [-0.05, 0) is 12.5 Å². The summed E-state index contributed by atoms with van der Waals surface area (Å²) in [6, 6.07) is 9.65. The monoisotopic (exact) mass is 331 g/mol. The second kappa shape index (κ2) is 8.47. The molecule has 0 radical (unpaired) electrons. The van der Waals surface area contributed by atoms with Crippen LogP contribution < -0.4 is 5.32 Å². The van der Waals surface area contributed by atoms with Crippen molar-refractivity contribution in [3.63, 3.8) is 0 Å². The van der Waals surface area contributed by atoms with E-state index in [-0.39, 0.29) is 36.6 Å². The average Bonchev–Trinajstić information content (AvgIpc) is 2.60. The van der Waals surface area contributed by atoms with Gasteiger partial charge < -0.3 is 15.1 Å². The zero-order chi connectivity index (χ0) is 17.5. The van der Waals surface area contributed by atoms with Crippen LogP contribution in [0.25, 0.3) is 0 Å². The molecule has 0 spiro atoms. The van der Waals surface area contributed by atoms with Crippen LogP contribution in [0.4, 0.5) is 0 Å². The zero-order valence-corrected chi connectivity index (χ0v) is 14.3. The standard InChI is InChI=1S/C18H25N3O3/c1-14(16-6-4-3-5-7-16)19-17(23)8-9-18(24)21-12-10-20(11-13-21)15(2)22/h3-7,14H,8-13H2,1-2H3,(H,19,23)/t14-/m1/s1. The van der Waals surface area contributed by atoms with Gasteiger partial charge in [-0.2, -0.15) is 0 Å². The minimum Gasteiger partial charge on any atom is -0.350 e. The number of benzene rings is 1. The van der Waals surface area contributed by atoms with Crippen LogP contribution in [0.1, 0.15) is 38.3 Å². The number of amides is 3. The molecule has 1 N–H and O–H groups in total. The van der Waals surface area contributed by atoms with Crippen molar-refractivity contribution in [3.8, 4) is 0 Å². The first-order valence-electron chi connectivity index (χ1n) is 8.35. The molecule has 130 valence electrons. The molecule has 1 aromatic rings. The molecule has 1 aromatic carbocycles. The second-order valence-electron chi connectivity index (χ2n) is 6.09. The van der Waals surface area contributed by atoms with Crippen LogP contribution in [-0.2, 0) is 14.4 Å². The molecule has 1 atom stereocenters. The van der Waals surface area contributed by atoms with E-state index < -0.39 is 0 Å². The highest BCUT2D eigenvalue weighted by atomic mass is 16.2. The topological polar surface area (TPSA) is 69.7 Å². The first-order valence-corrected chi connectivity index (χ1v) is 8.35. The van der Waals surface area contributed by atoms with E-state index in [1.165, 1.54) is 6.92 Å². The number of piperazine rings is 1. The molecule has 0 saturated carbocycles. The fourth-order valence-corrected chi connectivity index (χ4v) is 2.79. The number of nitrogens with one attached hydrogen (secondary N) is 1. The zero-order valence-electron chi connectivity index (χ0n) is 14.3. The van der Waals surface area contributed by atoms with Crippen molar-refractivity contribution in [2.24, 2.45) is 0 Å².